The summed E-state index contributed by atoms with van der Waals surface area (Å²) >= 11 is 0. The van der Waals surface area contributed by atoms with Crippen LogP contribution in [0.3, 0.4) is 0 Å². The second-order valence-electron chi connectivity index (χ2n) is 5.29. The number of carbonyl (C=O) groups excluding carboxylic acids is 2. The summed E-state index contributed by atoms with van der Waals surface area (Å²) in [5.74, 6) is -0.165. The van der Waals surface area contributed by atoms with Crippen molar-refractivity contribution < 1.29 is 14.3 Å². The van der Waals surface area contributed by atoms with E-state index in [4.69, 9.17) is 4.74 Å². The van der Waals surface area contributed by atoms with Gasteiger partial charge in [0.25, 0.3) is 0 Å². The summed E-state index contributed by atoms with van der Waals surface area (Å²) in [5.41, 5.74) is -0.588. The SMILES string of the molecule is C=CC1CCCCC(=O)N1C(=O)OC(C)(C)C. The molecule has 1 rings (SSSR count). The molecule has 0 aromatic rings. The molecule has 2 amide bonds. The molecule has 1 fully saturated rings. The molecule has 0 bridgehead atoms. The molecule has 0 aromatic carbocycles. The second kappa shape index (κ2) is 5.34. The highest BCUT2D eigenvalue weighted by Gasteiger charge is 2.33. The number of hydrogen-bond donors (Lipinski definition) is 0. The van der Waals surface area contributed by atoms with E-state index >= 15 is 0 Å². The standard InChI is InChI=1S/C13H21NO3/c1-5-10-8-6-7-9-11(15)14(10)12(16)17-13(2,3)4/h5,10H,1,6-9H2,2-4H3. The molecule has 1 atom stereocenters. The first-order valence-corrected chi connectivity index (χ1v) is 6.03. The molecule has 0 radical (unpaired) electrons. The fourth-order valence-corrected chi connectivity index (χ4v) is 1.84. The molecule has 96 valence electrons. The van der Waals surface area contributed by atoms with Crippen LogP contribution in [0.2, 0.25) is 0 Å². The molecule has 1 aliphatic heterocycles. The van der Waals surface area contributed by atoms with Crippen molar-refractivity contribution in [3.05, 3.63) is 12.7 Å². The van der Waals surface area contributed by atoms with Crippen molar-refractivity contribution in [3.8, 4) is 0 Å². The van der Waals surface area contributed by atoms with Crippen LogP contribution in [0.5, 0.6) is 0 Å². The maximum atomic E-state index is 12.0. The summed E-state index contributed by atoms with van der Waals surface area (Å²) in [4.78, 5) is 25.1. The Morgan fingerprint density at radius 3 is 2.65 bits per heavy atom. The van der Waals surface area contributed by atoms with Gasteiger partial charge in [-0.05, 0) is 33.6 Å². The molecule has 4 heteroatoms. The maximum Gasteiger partial charge on any atom is 0.417 e. The van der Waals surface area contributed by atoms with Gasteiger partial charge < -0.3 is 4.74 Å². The van der Waals surface area contributed by atoms with Crippen molar-refractivity contribution in [3.63, 3.8) is 0 Å². The lowest BCUT2D eigenvalue weighted by Crippen LogP contribution is -2.45. The molecule has 1 aliphatic rings. The number of likely N-dealkylation sites (tertiary alicyclic amines) is 1. The summed E-state index contributed by atoms with van der Waals surface area (Å²) < 4.78 is 5.25. The lowest BCUT2D eigenvalue weighted by Gasteiger charge is -2.29. The lowest BCUT2D eigenvalue weighted by atomic mass is 10.1. The Morgan fingerprint density at radius 2 is 2.12 bits per heavy atom. The molecule has 0 saturated carbocycles. The van der Waals surface area contributed by atoms with E-state index in [0.29, 0.717) is 6.42 Å². The van der Waals surface area contributed by atoms with Crippen LogP contribution in [-0.2, 0) is 9.53 Å². The van der Waals surface area contributed by atoms with Gasteiger partial charge in [0.1, 0.15) is 5.60 Å². The number of nitrogens with zero attached hydrogens (tertiary/aromatic N) is 1. The number of rotatable bonds is 1. The lowest BCUT2D eigenvalue weighted by molar-refractivity contribution is -0.131. The Labute approximate surface area is 103 Å². The smallest absolute Gasteiger partial charge is 0.417 e. The molecule has 1 saturated heterocycles. The number of hydrogen-bond acceptors (Lipinski definition) is 3. The van der Waals surface area contributed by atoms with Gasteiger partial charge in [0.05, 0.1) is 6.04 Å². The molecule has 1 heterocycles. The van der Waals surface area contributed by atoms with E-state index in [0.717, 1.165) is 19.3 Å². The van der Waals surface area contributed by atoms with Gasteiger partial charge >= 0.3 is 6.09 Å². The molecular formula is C13H21NO3. The Morgan fingerprint density at radius 1 is 1.47 bits per heavy atom. The third-order valence-electron chi connectivity index (χ3n) is 2.60. The van der Waals surface area contributed by atoms with E-state index in [1.54, 1.807) is 26.8 Å². The predicted molar refractivity (Wildman–Crippen MR) is 65.5 cm³/mol. The van der Waals surface area contributed by atoms with Crippen LogP contribution < -0.4 is 0 Å². The number of imide groups is 1. The fraction of sp³-hybridized carbons (Fsp3) is 0.692. The number of ether oxygens (including phenoxy) is 1. The van der Waals surface area contributed by atoms with Crippen LogP contribution in [0.4, 0.5) is 4.79 Å². The van der Waals surface area contributed by atoms with E-state index in [2.05, 4.69) is 6.58 Å². The zero-order chi connectivity index (χ0) is 13.1. The van der Waals surface area contributed by atoms with Crippen molar-refractivity contribution in [2.24, 2.45) is 0 Å². The second-order valence-corrected chi connectivity index (χ2v) is 5.29. The van der Waals surface area contributed by atoms with Gasteiger partial charge in [-0.1, -0.05) is 12.5 Å². The first-order valence-electron chi connectivity index (χ1n) is 6.03. The minimum atomic E-state index is -0.588. The summed E-state index contributed by atoms with van der Waals surface area (Å²) in [7, 11) is 0. The first-order chi connectivity index (χ1) is 7.85. The Hall–Kier alpha value is -1.32. The Kier molecular flexibility index (Phi) is 4.32. The first kappa shape index (κ1) is 13.7. The molecule has 17 heavy (non-hydrogen) atoms. The van der Waals surface area contributed by atoms with Gasteiger partial charge in [0.15, 0.2) is 0 Å². The van der Waals surface area contributed by atoms with Gasteiger partial charge in [-0.3, -0.25) is 4.79 Å². The largest absolute Gasteiger partial charge is 0.443 e. The van der Waals surface area contributed by atoms with Crippen LogP contribution in [-0.4, -0.2) is 28.5 Å². The van der Waals surface area contributed by atoms with Crippen molar-refractivity contribution >= 4 is 12.0 Å². The summed E-state index contributed by atoms with van der Waals surface area (Å²) in [6, 6.07) is -0.236. The quantitative estimate of drug-likeness (QED) is 0.661. The topological polar surface area (TPSA) is 46.6 Å². The van der Waals surface area contributed by atoms with Gasteiger partial charge in [-0.15, -0.1) is 6.58 Å². The Bertz CT molecular complexity index is 317. The fourth-order valence-electron chi connectivity index (χ4n) is 1.84. The van der Waals surface area contributed by atoms with E-state index < -0.39 is 11.7 Å². The van der Waals surface area contributed by atoms with E-state index in [-0.39, 0.29) is 11.9 Å². The molecule has 0 N–H and O–H groups in total. The van der Waals surface area contributed by atoms with Crippen molar-refractivity contribution in [2.75, 3.05) is 0 Å². The molecular weight excluding hydrogens is 218 g/mol. The predicted octanol–water partition coefficient (Wildman–Crippen LogP) is 2.88. The van der Waals surface area contributed by atoms with E-state index in [1.807, 2.05) is 0 Å². The van der Waals surface area contributed by atoms with Gasteiger partial charge in [-0.2, -0.15) is 0 Å². The van der Waals surface area contributed by atoms with Crippen LogP contribution in [0.25, 0.3) is 0 Å². The monoisotopic (exact) mass is 239 g/mol. The van der Waals surface area contributed by atoms with Crippen LogP contribution in [0.1, 0.15) is 46.5 Å². The van der Waals surface area contributed by atoms with Crippen LogP contribution >= 0.6 is 0 Å². The highest BCUT2D eigenvalue weighted by molar-refractivity contribution is 5.92. The highest BCUT2D eigenvalue weighted by Crippen LogP contribution is 2.21. The average molecular weight is 239 g/mol. The summed E-state index contributed by atoms with van der Waals surface area (Å²) in [6.07, 6.45) is 4.02. The van der Waals surface area contributed by atoms with Gasteiger partial charge in [0, 0.05) is 6.42 Å². The Balaban J connectivity index is 2.84. The molecule has 1 unspecified atom stereocenters. The average Bonchev–Trinajstić information content (AvgIpc) is 2.36. The summed E-state index contributed by atoms with van der Waals surface area (Å²) in [5, 5.41) is 0. The van der Waals surface area contributed by atoms with Crippen LogP contribution in [0, 0.1) is 0 Å². The number of carbonyl (C=O) groups is 2. The van der Waals surface area contributed by atoms with Gasteiger partial charge in [0.2, 0.25) is 5.91 Å². The normalized spacial score (nSPS) is 21.9. The van der Waals surface area contributed by atoms with Crippen molar-refractivity contribution in [1.29, 1.82) is 0 Å². The number of amides is 2. The van der Waals surface area contributed by atoms with Crippen molar-refractivity contribution in [1.82, 2.24) is 4.90 Å². The van der Waals surface area contributed by atoms with Crippen molar-refractivity contribution in [2.45, 2.75) is 58.1 Å². The third-order valence-corrected chi connectivity index (χ3v) is 2.60. The van der Waals surface area contributed by atoms with Gasteiger partial charge in [-0.25, -0.2) is 9.69 Å². The van der Waals surface area contributed by atoms with Crippen LogP contribution in [0.15, 0.2) is 12.7 Å². The zero-order valence-electron chi connectivity index (χ0n) is 10.9. The summed E-state index contributed by atoms with van der Waals surface area (Å²) in [6.45, 7) is 9.05. The maximum absolute atomic E-state index is 12.0. The van der Waals surface area contributed by atoms with E-state index in [9.17, 15) is 9.59 Å². The molecule has 0 aromatic heterocycles. The molecule has 0 aliphatic carbocycles. The highest BCUT2D eigenvalue weighted by atomic mass is 16.6. The molecule has 4 nitrogen and oxygen atoms in total. The minimum Gasteiger partial charge on any atom is -0.443 e. The third kappa shape index (κ3) is 3.88. The molecule has 0 spiro atoms. The van der Waals surface area contributed by atoms with E-state index in [1.165, 1.54) is 4.90 Å². The zero-order valence-corrected chi connectivity index (χ0v) is 10.9. The minimum absolute atomic E-state index is 0.165.